The van der Waals surface area contributed by atoms with Crippen LogP contribution < -0.4 is 10.5 Å². The summed E-state index contributed by atoms with van der Waals surface area (Å²) < 4.78 is 29.8. The van der Waals surface area contributed by atoms with Crippen LogP contribution in [-0.2, 0) is 7.05 Å². The number of benzene rings is 1. The van der Waals surface area contributed by atoms with Gasteiger partial charge in [0.05, 0.1) is 17.9 Å². The van der Waals surface area contributed by atoms with Crippen LogP contribution in [0.2, 0.25) is 0 Å². The molecule has 2 N–H and O–H groups in total. The van der Waals surface area contributed by atoms with Crippen LogP contribution in [0.15, 0.2) is 30.5 Å². The maximum absolute atomic E-state index is 12.0. The summed E-state index contributed by atoms with van der Waals surface area (Å²) in [6.45, 7) is -2.83. The summed E-state index contributed by atoms with van der Waals surface area (Å²) in [5, 5.41) is 7.52. The molecule has 0 amide bonds. The van der Waals surface area contributed by atoms with Crippen molar-refractivity contribution in [2.24, 2.45) is 12.8 Å². The summed E-state index contributed by atoms with van der Waals surface area (Å²) in [5.74, 6) is 0.101. The van der Waals surface area contributed by atoms with Crippen LogP contribution in [-0.4, -0.2) is 21.6 Å². The highest BCUT2D eigenvalue weighted by molar-refractivity contribution is 5.32. The summed E-state index contributed by atoms with van der Waals surface area (Å²) in [7, 11) is 1.73. The number of aryl methyl sites for hydroxylation is 1. The topological polar surface area (TPSA) is 66.0 Å². The number of alkyl halides is 2. The Hall–Kier alpha value is -2.02. The van der Waals surface area contributed by atoms with Gasteiger partial charge in [0, 0.05) is 7.05 Å². The van der Waals surface area contributed by atoms with Gasteiger partial charge in [0.15, 0.2) is 0 Å². The van der Waals surface area contributed by atoms with Gasteiger partial charge in [-0.2, -0.15) is 8.78 Å². The first-order chi connectivity index (χ1) is 8.58. The van der Waals surface area contributed by atoms with Crippen LogP contribution >= 0.6 is 0 Å². The number of hydrogen-bond acceptors (Lipinski definition) is 4. The second-order valence-corrected chi connectivity index (χ2v) is 3.71. The van der Waals surface area contributed by atoms with Crippen molar-refractivity contribution in [2.75, 3.05) is 0 Å². The summed E-state index contributed by atoms with van der Waals surface area (Å²) in [4.78, 5) is 0. The van der Waals surface area contributed by atoms with E-state index in [-0.39, 0.29) is 5.75 Å². The Labute approximate surface area is 102 Å². The molecule has 1 unspecified atom stereocenters. The normalized spacial score (nSPS) is 12.7. The van der Waals surface area contributed by atoms with Crippen molar-refractivity contribution in [3.05, 3.63) is 41.7 Å². The van der Waals surface area contributed by atoms with E-state index in [1.54, 1.807) is 30.1 Å². The van der Waals surface area contributed by atoms with Crippen molar-refractivity contribution >= 4 is 0 Å². The van der Waals surface area contributed by atoms with Crippen LogP contribution in [0.25, 0.3) is 0 Å². The van der Waals surface area contributed by atoms with Crippen LogP contribution in [0.1, 0.15) is 17.3 Å². The second kappa shape index (κ2) is 5.09. The van der Waals surface area contributed by atoms with E-state index in [9.17, 15) is 8.78 Å². The summed E-state index contributed by atoms with van der Waals surface area (Å²) in [6, 6.07) is 5.76. The number of ether oxygens (including phenoxy) is 1. The van der Waals surface area contributed by atoms with Crippen molar-refractivity contribution in [3.8, 4) is 5.75 Å². The van der Waals surface area contributed by atoms with Gasteiger partial charge >= 0.3 is 6.61 Å². The van der Waals surface area contributed by atoms with E-state index in [0.29, 0.717) is 0 Å². The minimum absolute atomic E-state index is 0.101. The van der Waals surface area contributed by atoms with Gasteiger partial charge in [0.1, 0.15) is 5.75 Å². The van der Waals surface area contributed by atoms with E-state index < -0.39 is 12.7 Å². The number of nitrogens with zero attached hydrogens (tertiary/aromatic N) is 3. The molecule has 5 nitrogen and oxygen atoms in total. The van der Waals surface area contributed by atoms with Gasteiger partial charge in [-0.3, -0.25) is 4.68 Å². The Morgan fingerprint density at radius 3 is 2.44 bits per heavy atom. The van der Waals surface area contributed by atoms with Gasteiger partial charge in [0.2, 0.25) is 0 Å². The van der Waals surface area contributed by atoms with Crippen LogP contribution in [0.3, 0.4) is 0 Å². The van der Waals surface area contributed by atoms with Gasteiger partial charge in [0.25, 0.3) is 0 Å². The van der Waals surface area contributed by atoms with Gasteiger partial charge < -0.3 is 10.5 Å². The van der Waals surface area contributed by atoms with Crippen molar-refractivity contribution in [1.29, 1.82) is 0 Å². The van der Waals surface area contributed by atoms with E-state index in [2.05, 4.69) is 15.0 Å². The molecule has 1 aromatic carbocycles. The molecule has 1 aromatic heterocycles. The monoisotopic (exact) mass is 254 g/mol. The maximum Gasteiger partial charge on any atom is 0.387 e. The highest BCUT2D eigenvalue weighted by atomic mass is 19.3. The van der Waals surface area contributed by atoms with Crippen molar-refractivity contribution in [2.45, 2.75) is 12.7 Å². The molecule has 96 valence electrons. The Morgan fingerprint density at radius 2 is 1.94 bits per heavy atom. The molecule has 0 spiro atoms. The van der Waals surface area contributed by atoms with Gasteiger partial charge in [-0.1, -0.05) is 17.3 Å². The molecule has 1 heterocycles. The fourth-order valence-electron chi connectivity index (χ4n) is 1.61. The molecule has 0 bridgehead atoms. The average molecular weight is 254 g/mol. The Kier molecular flexibility index (Phi) is 3.52. The smallest absolute Gasteiger partial charge is 0.387 e. The first-order valence-electron chi connectivity index (χ1n) is 5.23. The van der Waals surface area contributed by atoms with Gasteiger partial charge in [-0.25, -0.2) is 0 Å². The zero-order chi connectivity index (χ0) is 13.1. The minimum Gasteiger partial charge on any atom is -0.435 e. The zero-order valence-electron chi connectivity index (χ0n) is 9.62. The molecule has 0 aliphatic rings. The Morgan fingerprint density at radius 1 is 1.28 bits per heavy atom. The predicted molar refractivity (Wildman–Crippen MR) is 60.1 cm³/mol. The molecule has 0 aliphatic carbocycles. The van der Waals surface area contributed by atoms with E-state index in [0.717, 1.165) is 11.3 Å². The van der Waals surface area contributed by atoms with Crippen molar-refractivity contribution in [3.63, 3.8) is 0 Å². The molecule has 0 saturated carbocycles. The number of nitrogens with two attached hydrogens (primary N) is 1. The third kappa shape index (κ3) is 2.62. The average Bonchev–Trinajstić information content (AvgIpc) is 2.75. The third-order valence-electron chi connectivity index (χ3n) is 2.53. The molecule has 1 atom stereocenters. The lowest BCUT2D eigenvalue weighted by molar-refractivity contribution is -0.0498. The highest BCUT2D eigenvalue weighted by Gasteiger charge is 2.13. The molecule has 2 rings (SSSR count). The standard InChI is InChI=1S/C11H12F2N4O/c1-17-9(6-15-16-17)10(14)7-2-4-8(5-3-7)18-11(12)13/h2-6,10-11H,14H2,1H3. The fourth-order valence-corrected chi connectivity index (χ4v) is 1.61. The molecule has 0 aliphatic heterocycles. The molecular formula is C11H12F2N4O. The van der Waals surface area contributed by atoms with Crippen LogP contribution in [0.4, 0.5) is 8.78 Å². The number of halogens is 2. The zero-order valence-corrected chi connectivity index (χ0v) is 9.62. The van der Waals surface area contributed by atoms with E-state index >= 15 is 0 Å². The Bertz CT molecular complexity index is 512. The lowest BCUT2D eigenvalue weighted by Crippen LogP contribution is -2.15. The summed E-state index contributed by atoms with van der Waals surface area (Å²) in [5.41, 5.74) is 7.52. The molecule has 2 aromatic rings. The maximum atomic E-state index is 12.0. The molecule has 7 heteroatoms. The predicted octanol–water partition coefficient (Wildman–Crippen LogP) is 1.46. The first kappa shape index (κ1) is 12.4. The highest BCUT2D eigenvalue weighted by Crippen LogP contribution is 2.21. The number of hydrogen-bond donors (Lipinski definition) is 1. The number of aromatic nitrogens is 3. The molecular weight excluding hydrogens is 242 g/mol. The quantitative estimate of drug-likeness (QED) is 0.897. The molecule has 0 saturated heterocycles. The summed E-state index contributed by atoms with van der Waals surface area (Å²) >= 11 is 0. The minimum atomic E-state index is -2.83. The van der Waals surface area contributed by atoms with Gasteiger partial charge in [-0.05, 0) is 17.7 Å². The summed E-state index contributed by atoms with van der Waals surface area (Å²) in [6.07, 6.45) is 1.56. The first-order valence-corrected chi connectivity index (χ1v) is 5.23. The largest absolute Gasteiger partial charge is 0.435 e. The SMILES string of the molecule is Cn1nncc1C(N)c1ccc(OC(F)F)cc1. The van der Waals surface area contributed by atoms with Crippen molar-refractivity contribution < 1.29 is 13.5 Å². The van der Waals surface area contributed by atoms with Gasteiger partial charge in [-0.15, -0.1) is 5.10 Å². The van der Waals surface area contributed by atoms with Crippen LogP contribution in [0, 0.1) is 0 Å². The molecule has 0 fully saturated rings. The van der Waals surface area contributed by atoms with E-state index in [4.69, 9.17) is 5.73 Å². The van der Waals surface area contributed by atoms with Crippen molar-refractivity contribution in [1.82, 2.24) is 15.0 Å². The Balaban J connectivity index is 2.17. The second-order valence-electron chi connectivity index (χ2n) is 3.71. The molecule has 18 heavy (non-hydrogen) atoms. The van der Waals surface area contributed by atoms with E-state index in [1.807, 2.05) is 0 Å². The van der Waals surface area contributed by atoms with Crippen LogP contribution in [0.5, 0.6) is 5.75 Å². The third-order valence-corrected chi connectivity index (χ3v) is 2.53. The van der Waals surface area contributed by atoms with E-state index in [1.165, 1.54) is 12.1 Å². The molecule has 0 radical (unpaired) electrons. The fraction of sp³-hybridized carbons (Fsp3) is 0.273. The lowest BCUT2D eigenvalue weighted by atomic mass is 10.1. The lowest BCUT2D eigenvalue weighted by Gasteiger charge is -2.12. The number of rotatable bonds is 4.